The molecular weight excluding hydrogens is 263 g/mol. The Kier molecular flexibility index (Phi) is 3.49. The average molecular weight is 279 g/mol. The Bertz CT molecular complexity index is 390. The number of carbonyl (C=O) groups excluding carboxylic acids is 1. The molecule has 2 saturated carbocycles. The Morgan fingerprint density at radius 2 is 1.74 bits per heavy atom. The van der Waals surface area contributed by atoms with E-state index in [0.717, 1.165) is 0 Å². The highest BCUT2D eigenvalue weighted by Crippen LogP contribution is 2.43. The highest BCUT2D eigenvalue weighted by Gasteiger charge is 2.54. The number of carbonyl (C=O) groups is 2. The van der Waals surface area contributed by atoms with Gasteiger partial charge in [0.05, 0.1) is 5.92 Å². The molecule has 0 aromatic heterocycles. The third-order valence-electron chi connectivity index (χ3n) is 4.05. The molecule has 0 aromatic rings. The fraction of sp³-hybridized carbons (Fsp3) is 0.833. The third-order valence-corrected chi connectivity index (χ3v) is 4.05. The minimum Gasteiger partial charge on any atom is -0.480 e. The molecule has 0 bridgehead atoms. The molecule has 2 aliphatic rings. The first-order valence-corrected chi connectivity index (χ1v) is 6.38. The van der Waals surface area contributed by atoms with Crippen LogP contribution < -0.4 is 5.32 Å². The van der Waals surface area contributed by atoms with Crippen molar-refractivity contribution in [2.24, 2.45) is 11.8 Å². The summed E-state index contributed by atoms with van der Waals surface area (Å²) in [6, 6.07) is 0. The minimum atomic E-state index is -4.40. The summed E-state index contributed by atoms with van der Waals surface area (Å²) in [7, 11) is 0. The van der Waals surface area contributed by atoms with Crippen molar-refractivity contribution in [1.29, 1.82) is 0 Å². The summed E-state index contributed by atoms with van der Waals surface area (Å²) < 4.78 is 38.6. The van der Waals surface area contributed by atoms with Crippen molar-refractivity contribution in [2.45, 2.75) is 50.2 Å². The maximum atomic E-state index is 12.9. The SMILES string of the molecule is O=C(NC1(C(=O)O)CC1)C1CCCCC1C(F)(F)F. The van der Waals surface area contributed by atoms with Gasteiger partial charge in [-0.05, 0) is 25.7 Å². The molecule has 2 rings (SSSR count). The van der Waals surface area contributed by atoms with Crippen LogP contribution in [0.4, 0.5) is 13.2 Å². The van der Waals surface area contributed by atoms with E-state index in [1.54, 1.807) is 0 Å². The monoisotopic (exact) mass is 279 g/mol. The molecule has 2 aliphatic carbocycles. The number of amides is 1. The molecule has 0 spiro atoms. The second kappa shape index (κ2) is 4.68. The van der Waals surface area contributed by atoms with Gasteiger partial charge >= 0.3 is 12.1 Å². The summed E-state index contributed by atoms with van der Waals surface area (Å²) in [5.74, 6) is -4.72. The molecule has 4 nitrogen and oxygen atoms in total. The standard InChI is InChI=1S/C12H16F3NO3/c13-12(14,15)8-4-2-1-3-7(8)9(17)16-11(5-6-11)10(18)19/h7-8H,1-6H2,(H,16,17)(H,18,19). The van der Waals surface area contributed by atoms with Gasteiger partial charge in [0, 0.05) is 5.92 Å². The largest absolute Gasteiger partial charge is 0.480 e. The second-order valence-electron chi connectivity index (χ2n) is 5.42. The summed E-state index contributed by atoms with van der Waals surface area (Å²) in [6.45, 7) is 0. The maximum absolute atomic E-state index is 12.9. The number of carboxylic acid groups (broad SMARTS) is 1. The van der Waals surface area contributed by atoms with Crippen LogP contribution in [0.3, 0.4) is 0 Å². The Morgan fingerprint density at radius 3 is 2.21 bits per heavy atom. The lowest BCUT2D eigenvalue weighted by Crippen LogP contribution is -2.49. The number of halogens is 3. The van der Waals surface area contributed by atoms with E-state index in [4.69, 9.17) is 5.11 Å². The fourth-order valence-corrected chi connectivity index (χ4v) is 2.68. The van der Waals surface area contributed by atoms with Gasteiger partial charge in [-0.2, -0.15) is 13.2 Å². The lowest BCUT2D eigenvalue weighted by Gasteiger charge is -2.32. The van der Waals surface area contributed by atoms with Gasteiger partial charge in [0.2, 0.25) is 5.91 Å². The number of carboxylic acids is 1. The molecule has 0 aromatic carbocycles. The summed E-state index contributed by atoms with van der Waals surface area (Å²) in [5.41, 5.74) is -1.31. The van der Waals surface area contributed by atoms with E-state index >= 15 is 0 Å². The zero-order chi connectivity index (χ0) is 14.3. The van der Waals surface area contributed by atoms with E-state index in [2.05, 4.69) is 5.32 Å². The maximum Gasteiger partial charge on any atom is 0.392 e. The quantitative estimate of drug-likeness (QED) is 0.831. The van der Waals surface area contributed by atoms with Gasteiger partial charge in [-0.15, -0.1) is 0 Å². The lowest BCUT2D eigenvalue weighted by atomic mass is 9.78. The van der Waals surface area contributed by atoms with Crippen LogP contribution in [0.15, 0.2) is 0 Å². The Balaban J connectivity index is 2.06. The number of nitrogens with one attached hydrogen (secondary N) is 1. The molecule has 108 valence electrons. The van der Waals surface area contributed by atoms with Gasteiger partial charge in [0.25, 0.3) is 0 Å². The van der Waals surface area contributed by atoms with E-state index in [1.807, 2.05) is 0 Å². The van der Waals surface area contributed by atoms with Gasteiger partial charge in [-0.25, -0.2) is 4.79 Å². The summed E-state index contributed by atoms with van der Waals surface area (Å²) in [5, 5.41) is 11.2. The number of hydrogen-bond donors (Lipinski definition) is 2. The highest BCUT2D eigenvalue weighted by molar-refractivity contribution is 5.90. The van der Waals surface area contributed by atoms with Crippen molar-refractivity contribution >= 4 is 11.9 Å². The minimum absolute atomic E-state index is 0.0539. The Labute approximate surface area is 108 Å². The third kappa shape index (κ3) is 2.84. The molecule has 7 heteroatoms. The summed E-state index contributed by atoms with van der Waals surface area (Å²) in [6.07, 6.45) is -2.67. The molecule has 0 radical (unpaired) electrons. The fourth-order valence-electron chi connectivity index (χ4n) is 2.68. The molecule has 2 N–H and O–H groups in total. The Morgan fingerprint density at radius 1 is 1.16 bits per heavy atom. The van der Waals surface area contributed by atoms with Crippen LogP contribution in [0.5, 0.6) is 0 Å². The zero-order valence-corrected chi connectivity index (χ0v) is 10.3. The molecule has 0 heterocycles. The summed E-state index contributed by atoms with van der Waals surface area (Å²) in [4.78, 5) is 22.9. The summed E-state index contributed by atoms with van der Waals surface area (Å²) >= 11 is 0. The lowest BCUT2D eigenvalue weighted by molar-refractivity contribution is -0.198. The van der Waals surface area contributed by atoms with Crippen molar-refractivity contribution in [2.75, 3.05) is 0 Å². The normalized spacial score (nSPS) is 29.6. The van der Waals surface area contributed by atoms with Crippen LogP contribution in [-0.4, -0.2) is 28.7 Å². The van der Waals surface area contributed by atoms with Crippen molar-refractivity contribution in [3.63, 3.8) is 0 Å². The molecule has 0 aliphatic heterocycles. The number of hydrogen-bond acceptors (Lipinski definition) is 2. The first-order valence-electron chi connectivity index (χ1n) is 6.38. The van der Waals surface area contributed by atoms with Crippen molar-refractivity contribution in [3.8, 4) is 0 Å². The number of rotatable bonds is 3. The van der Waals surface area contributed by atoms with Gasteiger partial charge in [0.1, 0.15) is 5.54 Å². The van der Waals surface area contributed by atoms with Crippen LogP contribution >= 0.6 is 0 Å². The predicted molar refractivity (Wildman–Crippen MR) is 59.2 cm³/mol. The van der Waals surface area contributed by atoms with E-state index in [9.17, 15) is 22.8 Å². The van der Waals surface area contributed by atoms with Crippen molar-refractivity contribution < 1.29 is 27.9 Å². The van der Waals surface area contributed by atoms with E-state index in [-0.39, 0.29) is 25.7 Å². The zero-order valence-electron chi connectivity index (χ0n) is 10.3. The van der Waals surface area contributed by atoms with Crippen LogP contribution in [0, 0.1) is 11.8 Å². The van der Waals surface area contributed by atoms with Gasteiger partial charge in [-0.1, -0.05) is 12.8 Å². The first-order chi connectivity index (χ1) is 8.76. The highest BCUT2D eigenvalue weighted by atomic mass is 19.4. The van der Waals surface area contributed by atoms with Gasteiger partial charge < -0.3 is 10.4 Å². The van der Waals surface area contributed by atoms with Crippen LogP contribution in [-0.2, 0) is 9.59 Å². The molecule has 19 heavy (non-hydrogen) atoms. The predicted octanol–water partition coefficient (Wildman–Crippen LogP) is 2.09. The first kappa shape index (κ1) is 14.1. The van der Waals surface area contributed by atoms with Crippen molar-refractivity contribution in [1.82, 2.24) is 5.32 Å². The van der Waals surface area contributed by atoms with E-state index in [1.165, 1.54) is 0 Å². The van der Waals surface area contributed by atoms with Gasteiger partial charge in [-0.3, -0.25) is 4.79 Å². The van der Waals surface area contributed by atoms with Crippen LogP contribution in [0.2, 0.25) is 0 Å². The smallest absolute Gasteiger partial charge is 0.392 e. The van der Waals surface area contributed by atoms with Crippen molar-refractivity contribution in [3.05, 3.63) is 0 Å². The topological polar surface area (TPSA) is 66.4 Å². The van der Waals surface area contributed by atoms with Gasteiger partial charge in [0.15, 0.2) is 0 Å². The molecule has 2 atom stereocenters. The average Bonchev–Trinajstić information content (AvgIpc) is 3.09. The van der Waals surface area contributed by atoms with E-state index in [0.29, 0.717) is 12.8 Å². The number of alkyl halides is 3. The molecule has 0 saturated heterocycles. The molecular formula is C12H16F3NO3. The molecule has 1 amide bonds. The van der Waals surface area contributed by atoms with E-state index < -0.39 is 35.4 Å². The molecule has 2 unspecified atom stereocenters. The molecule has 2 fully saturated rings. The Hall–Kier alpha value is -1.27. The second-order valence-corrected chi connectivity index (χ2v) is 5.42. The van der Waals surface area contributed by atoms with Crippen LogP contribution in [0.1, 0.15) is 38.5 Å². The number of aliphatic carboxylic acids is 1. The van der Waals surface area contributed by atoms with Crippen LogP contribution in [0.25, 0.3) is 0 Å².